The number of nitrogens with one attached hydrogen (secondary N) is 1. The van der Waals surface area contributed by atoms with Crippen LogP contribution in [0.3, 0.4) is 0 Å². The van der Waals surface area contributed by atoms with Crippen LogP contribution >= 0.6 is 0 Å². The standard InChI is InChI=1S/C12H22N2O2/c15-11-5-8-14(9-11)12(16)2-1-10-3-6-13-7-4-10/h10-11,13,15H,1-9H2. The molecule has 2 N–H and O–H groups in total. The van der Waals surface area contributed by atoms with Gasteiger partial charge < -0.3 is 15.3 Å². The zero-order chi connectivity index (χ0) is 11.4. The number of piperidine rings is 1. The second-order valence-electron chi connectivity index (χ2n) is 5.01. The van der Waals surface area contributed by atoms with Crippen molar-refractivity contribution in [2.75, 3.05) is 26.2 Å². The van der Waals surface area contributed by atoms with E-state index in [2.05, 4.69) is 5.32 Å². The maximum absolute atomic E-state index is 11.8. The first-order valence-electron chi connectivity index (χ1n) is 6.42. The van der Waals surface area contributed by atoms with E-state index < -0.39 is 0 Å². The summed E-state index contributed by atoms with van der Waals surface area (Å²) in [6, 6.07) is 0. The number of amides is 1. The first-order chi connectivity index (χ1) is 7.75. The van der Waals surface area contributed by atoms with Crippen molar-refractivity contribution >= 4 is 5.91 Å². The molecule has 0 aromatic carbocycles. The third-order valence-electron chi connectivity index (χ3n) is 3.74. The van der Waals surface area contributed by atoms with E-state index in [0.29, 0.717) is 13.0 Å². The average molecular weight is 226 g/mol. The Morgan fingerprint density at radius 3 is 2.69 bits per heavy atom. The van der Waals surface area contributed by atoms with Gasteiger partial charge in [0.15, 0.2) is 0 Å². The highest BCUT2D eigenvalue weighted by Crippen LogP contribution is 2.19. The molecule has 0 bridgehead atoms. The molecular weight excluding hydrogens is 204 g/mol. The lowest BCUT2D eigenvalue weighted by molar-refractivity contribution is -0.130. The molecule has 0 saturated carbocycles. The van der Waals surface area contributed by atoms with E-state index >= 15 is 0 Å². The van der Waals surface area contributed by atoms with Gasteiger partial charge in [0.2, 0.25) is 5.91 Å². The van der Waals surface area contributed by atoms with E-state index in [4.69, 9.17) is 0 Å². The summed E-state index contributed by atoms with van der Waals surface area (Å²) in [6.45, 7) is 3.49. The van der Waals surface area contributed by atoms with Gasteiger partial charge in [-0.05, 0) is 44.7 Å². The molecule has 92 valence electrons. The van der Waals surface area contributed by atoms with Gasteiger partial charge in [0.25, 0.3) is 0 Å². The highest BCUT2D eigenvalue weighted by atomic mass is 16.3. The molecule has 1 atom stereocenters. The van der Waals surface area contributed by atoms with Gasteiger partial charge in [0.1, 0.15) is 0 Å². The number of β-amino-alcohol motifs (C(OH)–C–C–N with tert-alkyl or cyclic N) is 1. The Morgan fingerprint density at radius 2 is 2.06 bits per heavy atom. The number of carbonyl (C=O) groups is 1. The predicted octanol–water partition coefficient (Wildman–Crippen LogP) is 0.359. The van der Waals surface area contributed by atoms with Crippen molar-refractivity contribution in [3.8, 4) is 0 Å². The van der Waals surface area contributed by atoms with Gasteiger partial charge in [0, 0.05) is 19.5 Å². The van der Waals surface area contributed by atoms with Gasteiger partial charge in [-0.25, -0.2) is 0 Å². The second-order valence-corrected chi connectivity index (χ2v) is 5.01. The third kappa shape index (κ3) is 3.19. The lowest BCUT2D eigenvalue weighted by Gasteiger charge is -2.23. The van der Waals surface area contributed by atoms with E-state index in [9.17, 15) is 9.90 Å². The number of likely N-dealkylation sites (tertiary alicyclic amines) is 1. The zero-order valence-corrected chi connectivity index (χ0v) is 9.82. The van der Waals surface area contributed by atoms with E-state index in [1.54, 1.807) is 0 Å². The van der Waals surface area contributed by atoms with E-state index in [0.717, 1.165) is 38.4 Å². The zero-order valence-electron chi connectivity index (χ0n) is 9.82. The Morgan fingerprint density at radius 1 is 1.31 bits per heavy atom. The summed E-state index contributed by atoms with van der Waals surface area (Å²) in [5.74, 6) is 0.952. The lowest BCUT2D eigenvalue weighted by atomic mass is 9.93. The molecule has 2 saturated heterocycles. The monoisotopic (exact) mass is 226 g/mol. The Balaban J connectivity index is 1.67. The number of aliphatic hydroxyl groups is 1. The molecule has 2 aliphatic rings. The van der Waals surface area contributed by atoms with Crippen molar-refractivity contribution in [3.05, 3.63) is 0 Å². The number of rotatable bonds is 3. The van der Waals surface area contributed by atoms with E-state index in [1.165, 1.54) is 12.8 Å². The predicted molar refractivity (Wildman–Crippen MR) is 62.0 cm³/mol. The number of hydrogen-bond acceptors (Lipinski definition) is 3. The Kier molecular flexibility index (Phi) is 4.18. The maximum atomic E-state index is 11.8. The van der Waals surface area contributed by atoms with Crippen LogP contribution < -0.4 is 5.32 Å². The topological polar surface area (TPSA) is 52.6 Å². The van der Waals surface area contributed by atoms with Crippen LogP contribution in [0, 0.1) is 5.92 Å². The summed E-state index contributed by atoms with van der Waals surface area (Å²) < 4.78 is 0. The molecule has 0 spiro atoms. The fourth-order valence-electron chi connectivity index (χ4n) is 2.62. The summed E-state index contributed by atoms with van der Waals surface area (Å²) >= 11 is 0. The minimum Gasteiger partial charge on any atom is -0.391 e. The largest absolute Gasteiger partial charge is 0.391 e. The van der Waals surface area contributed by atoms with Crippen LogP contribution in [-0.4, -0.2) is 48.2 Å². The van der Waals surface area contributed by atoms with Gasteiger partial charge in [0.05, 0.1) is 6.10 Å². The molecule has 16 heavy (non-hydrogen) atoms. The van der Waals surface area contributed by atoms with Gasteiger partial charge in [-0.1, -0.05) is 0 Å². The van der Waals surface area contributed by atoms with E-state index in [-0.39, 0.29) is 12.0 Å². The van der Waals surface area contributed by atoms with Crippen LogP contribution in [0.15, 0.2) is 0 Å². The summed E-state index contributed by atoms with van der Waals surface area (Å²) in [5, 5.41) is 12.7. The first kappa shape index (κ1) is 11.9. The molecule has 4 heteroatoms. The summed E-state index contributed by atoms with van der Waals surface area (Å²) in [6.07, 6.45) is 4.55. The third-order valence-corrected chi connectivity index (χ3v) is 3.74. The SMILES string of the molecule is O=C(CCC1CCNCC1)N1CCC(O)C1. The highest BCUT2D eigenvalue weighted by molar-refractivity contribution is 5.76. The van der Waals surface area contributed by atoms with Crippen molar-refractivity contribution in [3.63, 3.8) is 0 Å². The molecule has 2 fully saturated rings. The highest BCUT2D eigenvalue weighted by Gasteiger charge is 2.24. The van der Waals surface area contributed by atoms with Crippen LogP contribution in [0.2, 0.25) is 0 Å². The van der Waals surface area contributed by atoms with Crippen molar-refractivity contribution in [1.29, 1.82) is 0 Å². The molecule has 0 aromatic heterocycles. The molecule has 0 radical (unpaired) electrons. The average Bonchev–Trinajstić information content (AvgIpc) is 2.74. The molecule has 2 rings (SSSR count). The minimum absolute atomic E-state index is 0.232. The van der Waals surface area contributed by atoms with Gasteiger partial charge in [-0.2, -0.15) is 0 Å². The maximum Gasteiger partial charge on any atom is 0.222 e. The van der Waals surface area contributed by atoms with Crippen LogP contribution in [0.4, 0.5) is 0 Å². The smallest absolute Gasteiger partial charge is 0.222 e. The second kappa shape index (κ2) is 5.64. The molecule has 4 nitrogen and oxygen atoms in total. The molecule has 1 unspecified atom stereocenters. The molecule has 1 amide bonds. The lowest BCUT2D eigenvalue weighted by Crippen LogP contribution is -2.31. The molecule has 2 aliphatic heterocycles. The van der Waals surface area contributed by atoms with Gasteiger partial charge in [-0.3, -0.25) is 4.79 Å². The van der Waals surface area contributed by atoms with Crippen LogP contribution in [0.5, 0.6) is 0 Å². The molecule has 2 heterocycles. The molecule has 0 aliphatic carbocycles. The summed E-state index contributed by atoms with van der Waals surface area (Å²) in [4.78, 5) is 13.6. The van der Waals surface area contributed by atoms with Gasteiger partial charge in [-0.15, -0.1) is 0 Å². The Hall–Kier alpha value is -0.610. The number of carbonyl (C=O) groups excluding carboxylic acids is 1. The fourth-order valence-corrected chi connectivity index (χ4v) is 2.62. The summed E-state index contributed by atoms with van der Waals surface area (Å²) in [5.41, 5.74) is 0. The molecule has 0 aromatic rings. The molecular formula is C12H22N2O2. The van der Waals surface area contributed by atoms with Crippen LogP contribution in [-0.2, 0) is 4.79 Å². The Labute approximate surface area is 97.0 Å². The van der Waals surface area contributed by atoms with Crippen molar-refractivity contribution in [1.82, 2.24) is 10.2 Å². The number of aliphatic hydroxyl groups excluding tert-OH is 1. The van der Waals surface area contributed by atoms with Crippen LogP contribution in [0.25, 0.3) is 0 Å². The number of nitrogens with zero attached hydrogens (tertiary/aromatic N) is 1. The number of hydrogen-bond donors (Lipinski definition) is 2. The summed E-state index contributed by atoms with van der Waals surface area (Å²) in [7, 11) is 0. The Bertz CT molecular complexity index is 239. The fraction of sp³-hybridized carbons (Fsp3) is 0.917. The van der Waals surface area contributed by atoms with Crippen LogP contribution in [0.1, 0.15) is 32.1 Å². The quantitative estimate of drug-likeness (QED) is 0.730. The van der Waals surface area contributed by atoms with Crippen molar-refractivity contribution in [2.24, 2.45) is 5.92 Å². The normalized spacial score (nSPS) is 27.3. The van der Waals surface area contributed by atoms with Crippen molar-refractivity contribution < 1.29 is 9.90 Å². The van der Waals surface area contributed by atoms with Gasteiger partial charge >= 0.3 is 0 Å². The van der Waals surface area contributed by atoms with Crippen molar-refractivity contribution in [2.45, 2.75) is 38.2 Å². The van der Waals surface area contributed by atoms with E-state index in [1.807, 2.05) is 4.90 Å². The minimum atomic E-state index is -0.289. The first-order valence-corrected chi connectivity index (χ1v) is 6.42.